The minimum absolute atomic E-state index is 0.0786. The van der Waals surface area contributed by atoms with Crippen molar-refractivity contribution in [3.63, 3.8) is 0 Å². The van der Waals surface area contributed by atoms with Gasteiger partial charge in [0.25, 0.3) is 5.91 Å². The maximum absolute atomic E-state index is 12.8. The van der Waals surface area contributed by atoms with Gasteiger partial charge in [0.15, 0.2) is 0 Å². The molecule has 0 fully saturated rings. The third-order valence-electron chi connectivity index (χ3n) is 4.85. The van der Waals surface area contributed by atoms with E-state index in [2.05, 4.69) is 5.32 Å². The molecule has 0 bridgehead atoms. The summed E-state index contributed by atoms with van der Waals surface area (Å²) >= 11 is 0. The molecule has 3 rings (SSSR count). The number of anilines is 2. The van der Waals surface area contributed by atoms with Crippen LogP contribution in [0.4, 0.5) is 11.4 Å². The van der Waals surface area contributed by atoms with Crippen LogP contribution in [0.5, 0.6) is 0 Å². The Morgan fingerprint density at radius 1 is 0.935 bits per heavy atom. The summed E-state index contributed by atoms with van der Waals surface area (Å²) in [5.41, 5.74) is 2.00. The van der Waals surface area contributed by atoms with E-state index in [1.165, 1.54) is 42.8 Å². The molecule has 2 aromatic carbocycles. The lowest BCUT2D eigenvalue weighted by molar-refractivity contribution is 0.0598. The van der Waals surface area contributed by atoms with Crippen LogP contribution in [0, 0.1) is 0 Å². The molecule has 1 aliphatic rings. The number of nitrogens with zero attached hydrogens (tertiary/aromatic N) is 1. The second-order valence-electron chi connectivity index (χ2n) is 7.02. The Bertz CT molecular complexity index is 1120. The van der Waals surface area contributed by atoms with Gasteiger partial charge in [0.1, 0.15) is 0 Å². The Balaban J connectivity index is 1.91. The Hall–Kier alpha value is -3.40. The lowest BCUT2D eigenvalue weighted by Crippen LogP contribution is -2.34. The monoisotopic (exact) mass is 446 g/mol. The normalized spacial score (nSPS) is 13.2. The van der Waals surface area contributed by atoms with Gasteiger partial charge in [-0.05, 0) is 54.8 Å². The number of hydrogen-bond acceptors (Lipinski definition) is 7. The Labute approximate surface area is 180 Å². The van der Waals surface area contributed by atoms with Crippen molar-refractivity contribution in [3.8, 4) is 0 Å². The molecule has 1 N–H and O–H groups in total. The number of benzene rings is 2. The number of aryl methyl sites for hydroxylation is 1. The van der Waals surface area contributed by atoms with E-state index in [-0.39, 0.29) is 16.8 Å². The van der Waals surface area contributed by atoms with E-state index in [0.29, 0.717) is 30.6 Å². The molecule has 0 aliphatic carbocycles. The number of methoxy groups -OCH3 is 2. The van der Waals surface area contributed by atoms with Crippen LogP contribution in [-0.2, 0) is 25.9 Å². The van der Waals surface area contributed by atoms with Crippen LogP contribution in [0.2, 0.25) is 0 Å². The largest absolute Gasteiger partial charge is 0.465 e. The molecule has 0 atom stereocenters. The molecule has 1 amide bonds. The van der Waals surface area contributed by atoms with Gasteiger partial charge in [0.2, 0.25) is 10.0 Å². The molecule has 0 spiro atoms. The summed E-state index contributed by atoms with van der Waals surface area (Å²) < 4.78 is 34.7. The van der Waals surface area contributed by atoms with Crippen LogP contribution in [0.25, 0.3) is 0 Å². The molecule has 0 saturated carbocycles. The predicted molar refractivity (Wildman–Crippen MR) is 114 cm³/mol. The van der Waals surface area contributed by atoms with Crippen molar-refractivity contribution in [2.24, 2.45) is 0 Å². The van der Waals surface area contributed by atoms with E-state index in [9.17, 15) is 22.8 Å². The van der Waals surface area contributed by atoms with Gasteiger partial charge < -0.3 is 14.8 Å². The maximum Gasteiger partial charge on any atom is 0.337 e. The molecule has 0 aromatic heterocycles. The fourth-order valence-corrected chi connectivity index (χ4v) is 4.42. The fraction of sp³-hybridized carbons (Fsp3) is 0.286. The molecule has 0 unspecified atom stereocenters. The highest BCUT2D eigenvalue weighted by atomic mass is 32.2. The Morgan fingerprint density at radius 2 is 1.55 bits per heavy atom. The van der Waals surface area contributed by atoms with Gasteiger partial charge in [-0.25, -0.2) is 18.0 Å². The van der Waals surface area contributed by atoms with Crippen molar-refractivity contribution in [2.75, 3.05) is 36.6 Å². The van der Waals surface area contributed by atoms with E-state index >= 15 is 0 Å². The molecular formula is C21H22N2O7S. The van der Waals surface area contributed by atoms with Crippen molar-refractivity contribution in [2.45, 2.75) is 12.8 Å². The van der Waals surface area contributed by atoms with E-state index < -0.39 is 27.9 Å². The minimum atomic E-state index is -3.41. The zero-order valence-corrected chi connectivity index (χ0v) is 18.1. The molecular weight excluding hydrogens is 424 g/mol. The van der Waals surface area contributed by atoms with Gasteiger partial charge in [-0.2, -0.15) is 0 Å². The molecule has 10 heteroatoms. The summed E-state index contributed by atoms with van der Waals surface area (Å²) in [7, 11) is -0.993. The molecule has 2 aromatic rings. The number of nitrogens with one attached hydrogen (secondary N) is 1. The van der Waals surface area contributed by atoms with Gasteiger partial charge in [0, 0.05) is 17.8 Å². The minimum Gasteiger partial charge on any atom is -0.465 e. The first-order valence-corrected chi connectivity index (χ1v) is 11.2. The first-order valence-electron chi connectivity index (χ1n) is 9.37. The van der Waals surface area contributed by atoms with E-state index in [4.69, 9.17) is 9.47 Å². The topological polar surface area (TPSA) is 119 Å². The zero-order chi connectivity index (χ0) is 22.8. The van der Waals surface area contributed by atoms with Crippen molar-refractivity contribution in [1.82, 2.24) is 0 Å². The average Bonchev–Trinajstić information content (AvgIpc) is 2.76. The molecule has 9 nitrogen and oxygen atoms in total. The van der Waals surface area contributed by atoms with Crippen LogP contribution >= 0.6 is 0 Å². The maximum atomic E-state index is 12.8. The number of rotatable bonds is 5. The lowest BCUT2D eigenvalue weighted by Gasteiger charge is -2.29. The van der Waals surface area contributed by atoms with Crippen LogP contribution in [0.15, 0.2) is 36.4 Å². The Kier molecular flexibility index (Phi) is 6.30. The number of hydrogen-bond donors (Lipinski definition) is 1. The molecule has 31 heavy (non-hydrogen) atoms. The van der Waals surface area contributed by atoms with Crippen molar-refractivity contribution < 1.29 is 32.3 Å². The van der Waals surface area contributed by atoms with Crippen molar-refractivity contribution in [1.29, 1.82) is 0 Å². The van der Waals surface area contributed by atoms with Crippen LogP contribution in [0.3, 0.4) is 0 Å². The quantitative estimate of drug-likeness (QED) is 0.700. The number of sulfonamides is 1. The predicted octanol–water partition coefficient (Wildman–Crippen LogP) is 2.22. The molecule has 164 valence electrons. The molecule has 1 heterocycles. The van der Waals surface area contributed by atoms with Gasteiger partial charge in [-0.1, -0.05) is 0 Å². The zero-order valence-electron chi connectivity index (χ0n) is 17.3. The Morgan fingerprint density at radius 3 is 2.10 bits per heavy atom. The third kappa shape index (κ3) is 4.85. The number of fused-ring (bicyclic) bond motifs is 1. The summed E-state index contributed by atoms with van der Waals surface area (Å²) in [5.74, 6) is -1.82. The second kappa shape index (κ2) is 8.76. The highest BCUT2D eigenvalue weighted by Crippen LogP contribution is 2.30. The van der Waals surface area contributed by atoms with Gasteiger partial charge in [0.05, 0.1) is 37.3 Å². The first kappa shape index (κ1) is 22.3. The highest BCUT2D eigenvalue weighted by Gasteiger charge is 2.25. The van der Waals surface area contributed by atoms with Crippen molar-refractivity contribution >= 4 is 39.2 Å². The van der Waals surface area contributed by atoms with Crippen LogP contribution in [0.1, 0.15) is 43.1 Å². The third-order valence-corrected chi connectivity index (χ3v) is 6.03. The number of carbonyl (C=O) groups is 3. The molecule has 1 aliphatic heterocycles. The van der Waals surface area contributed by atoms with Crippen LogP contribution in [-0.4, -0.2) is 53.3 Å². The number of amides is 1. The first-order chi connectivity index (χ1) is 14.6. The smallest absolute Gasteiger partial charge is 0.337 e. The summed E-state index contributed by atoms with van der Waals surface area (Å²) in [6.45, 7) is 0.397. The number of ether oxygens (including phenoxy) is 2. The van der Waals surface area contributed by atoms with E-state index in [0.717, 1.165) is 11.8 Å². The van der Waals surface area contributed by atoms with Gasteiger partial charge in [-0.15, -0.1) is 0 Å². The summed E-state index contributed by atoms with van der Waals surface area (Å²) in [4.78, 5) is 36.6. The van der Waals surface area contributed by atoms with E-state index in [1.54, 1.807) is 12.1 Å². The summed E-state index contributed by atoms with van der Waals surface area (Å²) in [6, 6.07) is 8.87. The SMILES string of the molecule is COC(=O)c1cc(NC(=O)c2ccc3c(c2)CCCN3S(C)(=O)=O)cc(C(=O)OC)c1. The average molecular weight is 446 g/mol. The highest BCUT2D eigenvalue weighted by molar-refractivity contribution is 7.92. The van der Waals surface area contributed by atoms with Crippen molar-refractivity contribution in [3.05, 3.63) is 58.7 Å². The molecule has 0 saturated heterocycles. The standard InChI is InChI=1S/C21H22N2O7S/c1-29-20(25)15-10-16(21(26)30-2)12-17(11-15)22-19(24)14-6-7-18-13(9-14)5-4-8-23(18)31(3,27)28/h6-7,9-12H,4-5,8H2,1-3H3,(H,22,24). The van der Waals surface area contributed by atoms with Gasteiger partial charge >= 0.3 is 11.9 Å². The van der Waals surface area contributed by atoms with Gasteiger partial charge in [-0.3, -0.25) is 9.10 Å². The second-order valence-corrected chi connectivity index (χ2v) is 8.93. The summed E-state index contributed by atoms with van der Waals surface area (Å²) in [6.07, 6.45) is 2.44. The van der Waals surface area contributed by atoms with Crippen LogP contribution < -0.4 is 9.62 Å². The number of carbonyl (C=O) groups excluding carboxylic acids is 3. The fourth-order valence-electron chi connectivity index (χ4n) is 3.42. The lowest BCUT2D eigenvalue weighted by atomic mass is 10.0. The van der Waals surface area contributed by atoms with E-state index in [1.807, 2.05) is 0 Å². The molecule has 0 radical (unpaired) electrons. The number of esters is 2. The summed E-state index contributed by atoms with van der Waals surface area (Å²) in [5, 5.41) is 2.66.